The van der Waals surface area contributed by atoms with Gasteiger partial charge in [-0.15, -0.1) is 0 Å². The lowest BCUT2D eigenvalue weighted by Gasteiger charge is -2.22. The summed E-state index contributed by atoms with van der Waals surface area (Å²) >= 11 is 0. The average molecular weight is 270 g/mol. The summed E-state index contributed by atoms with van der Waals surface area (Å²) in [5.74, 6) is 0. The number of nitrogens with one attached hydrogen (secondary N) is 1. The summed E-state index contributed by atoms with van der Waals surface area (Å²) in [6.07, 6.45) is 17.9. The van der Waals surface area contributed by atoms with Crippen LogP contribution in [0.1, 0.15) is 104 Å². The third-order valence-electron chi connectivity index (χ3n) is 3.98. The second kappa shape index (κ2) is 16.0. The first-order valence-electron chi connectivity index (χ1n) is 8.72. The van der Waals surface area contributed by atoms with Crippen molar-refractivity contribution in [2.45, 2.75) is 110 Å². The van der Waals surface area contributed by atoms with E-state index in [0.717, 1.165) is 12.8 Å². The van der Waals surface area contributed by atoms with Crippen molar-refractivity contribution in [1.82, 2.24) is 5.48 Å². The van der Waals surface area contributed by atoms with Crippen LogP contribution in [0.5, 0.6) is 0 Å². The molecule has 0 rings (SSSR count). The van der Waals surface area contributed by atoms with E-state index in [0.29, 0.717) is 0 Å². The molecule has 0 aromatic carbocycles. The van der Waals surface area contributed by atoms with Crippen LogP contribution in [-0.4, -0.2) is 6.04 Å². The topological polar surface area (TPSA) is 35.1 Å². The van der Waals surface area contributed by atoms with E-state index in [2.05, 4.69) is 19.3 Å². The Morgan fingerprint density at radius 2 is 1.00 bits per heavy atom. The summed E-state index contributed by atoms with van der Waals surface area (Å²) in [6.45, 7) is 4.50. The van der Waals surface area contributed by atoms with Gasteiger partial charge in [0.05, 0.1) is 0 Å². The summed E-state index contributed by atoms with van der Waals surface area (Å²) in [5.41, 5.74) is 2.26. The van der Waals surface area contributed by atoms with Crippen molar-refractivity contribution in [2.24, 2.45) is 0 Å². The lowest BCUT2D eigenvalue weighted by atomic mass is 10.0. The average Bonchev–Trinajstić information content (AvgIpc) is 2.44. The Morgan fingerprint density at radius 1 is 0.632 bits per heavy atom. The van der Waals surface area contributed by atoms with Crippen molar-refractivity contribution in [3.63, 3.8) is 0 Å². The quantitative estimate of drug-likeness (QED) is 0.295. The first-order chi connectivity index (χ1) is 9.35. The van der Waals surface area contributed by atoms with E-state index < -0.39 is 0 Å². The van der Waals surface area contributed by atoms with Crippen molar-refractivity contribution in [2.75, 3.05) is 0 Å². The van der Waals surface area contributed by atoms with Gasteiger partial charge in [-0.2, -0.15) is 0 Å². The molecule has 19 heavy (non-hydrogen) atoms. The molecule has 0 aliphatic carbocycles. The molecule has 0 aliphatic heterocycles. The predicted molar refractivity (Wildman–Crippen MR) is 86.3 cm³/mol. The van der Waals surface area contributed by atoms with Crippen molar-refractivity contribution in [3.05, 3.63) is 5.21 Å². The minimum atomic E-state index is 0.220. The lowest BCUT2D eigenvalue weighted by molar-refractivity contribution is 0.447. The minimum Gasteiger partial charge on any atom is -0.788 e. The molecule has 0 aliphatic rings. The summed E-state index contributed by atoms with van der Waals surface area (Å²) < 4.78 is 0. The van der Waals surface area contributed by atoms with Crippen LogP contribution in [0.4, 0.5) is 0 Å². The highest BCUT2D eigenvalue weighted by Crippen LogP contribution is 2.14. The van der Waals surface area contributed by atoms with Gasteiger partial charge >= 0.3 is 0 Å². The molecule has 0 atom stereocenters. The number of rotatable bonds is 15. The van der Waals surface area contributed by atoms with Crippen LogP contribution in [0.3, 0.4) is 0 Å². The van der Waals surface area contributed by atoms with Crippen molar-refractivity contribution < 1.29 is 0 Å². The molecule has 0 amide bonds. The predicted octanol–water partition coefficient (Wildman–Crippen LogP) is 5.94. The Labute approximate surface area is 121 Å². The second-order valence-corrected chi connectivity index (χ2v) is 5.93. The van der Waals surface area contributed by atoms with Crippen molar-refractivity contribution >= 4 is 0 Å². The molecule has 116 valence electrons. The van der Waals surface area contributed by atoms with Gasteiger partial charge in [-0.3, -0.25) is 0 Å². The largest absolute Gasteiger partial charge is 0.788 e. The molecular weight excluding hydrogens is 234 g/mol. The molecule has 0 unspecified atom stereocenters. The van der Waals surface area contributed by atoms with E-state index >= 15 is 0 Å². The Morgan fingerprint density at radius 3 is 1.37 bits per heavy atom. The zero-order valence-corrected chi connectivity index (χ0v) is 13.4. The summed E-state index contributed by atoms with van der Waals surface area (Å²) in [4.78, 5) is 0. The van der Waals surface area contributed by atoms with Gasteiger partial charge in [0.2, 0.25) is 0 Å². The molecule has 0 heterocycles. The smallest absolute Gasteiger partial charge is 0.00510 e. The Bertz CT molecular complexity index is 145. The minimum absolute atomic E-state index is 0.220. The Balaban J connectivity index is 3.30. The zero-order chi connectivity index (χ0) is 14.2. The fourth-order valence-corrected chi connectivity index (χ4v) is 2.60. The lowest BCUT2D eigenvalue weighted by Crippen LogP contribution is -2.23. The Hall–Kier alpha value is -0.0800. The van der Waals surface area contributed by atoms with E-state index in [4.69, 9.17) is 0 Å². The molecule has 0 bridgehead atoms. The maximum Gasteiger partial charge on any atom is -0.00510 e. The van der Waals surface area contributed by atoms with E-state index in [-0.39, 0.29) is 6.04 Å². The molecule has 0 radical (unpaired) electrons. The molecule has 0 saturated heterocycles. The van der Waals surface area contributed by atoms with E-state index in [1.165, 1.54) is 77.0 Å². The third kappa shape index (κ3) is 14.1. The van der Waals surface area contributed by atoms with E-state index in [1.54, 1.807) is 0 Å². The van der Waals surface area contributed by atoms with Gasteiger partial charge in [0.15, 0.2) is 0 Å². The number of hydrogen-bond donors (Lipinski definition) is 1. The maximum atomic E-state index is 10.9. The number of unbranched alkanes of at least 4 members (excludes halogenated alkanes) is 10. The zero-order valence-electron chi connectivity index (χ0n) is 13.4. The van der Waals surface area contributed by atoms with Gasteiger partial charge < -0.3 is 10.7 Å². The van der Waals surface area contributed by atoms with Crippen LogP contribution in [-0.2, 0) is 0 Å². The van der Waals surface area contributed by atoms with Crippen molar-refractivity contribution in [3.8, 4) is 0 Å². The van der Waals surface area contributed by atoms with Crippen LogP contribution in [0, 0.1) is 5.21 Å². The molecule has 0 fully saturated rings. The molecule has 1 N–H and O–H groups in total. The van der Waals surface area contributed by atoms with Gasteiger partial charge in [0.1, 0.15) is 0 Å². The molecule has 2 nitrogen and oxygen atoms in total. The van der Waals surface area contributed by atoms with Gasteiger partial charge in [0.25, 0.3) is 0 Å². The van der Waals surface area contributed by atoms with Crippen LogP contribution >= 0.6 is 0 Å². The third-order valence-corrected chi connectivity index (χ3v) is 3.98. The highest BCUT2D eigenvalue weighted by atomic mass is 16.5. The van der Waals surface area contributed by atoms with Gasteiger partial charge in [-0.25, -0.2) is 0 Å². The normalized spacial score (nSPS) is 11.4. The summed E-state index contributed by atoms with van der Waals surface area (Å²) in [6, 6.07) is 0.220. The second-order valence-electron chi connectivity index (χ2n) is 5.93. The molecule has 0 aromatic rings. The molecule has 0 saturated carbocycles. The molecule has 0 spiro atoms. The monoisotopic (exact) mass is 270 g/mol. The maximum absolute atomic E-state index is 10.9. The van der Waals surface area contributed by atoms with Gasteiger partial charge in [0, 0.05) is 0 Å². The molecular formula is C17H36NO-. The standard InChI is InChI=1S/C17H36NO/c1-3-5-7-9-11-13-15-17(18-19)16-14-12-10-8-6-4-2/h17-18H,3-16H2,1-2H3/q-1. The van der Waals surface area contributed by atoms with Crippen LogP contribution in [0.2, 0.25) is 0 Å². The summed E-state index contributed by atoms with van der Waals surface area (Å²) in [7, 11) is 0. The number of hydrogen-bond acceptors (Lipinski definition) is 2. The highest BCUT2D eigenvalue weighted by Gasteiger charge is 2.03. The fourth-order valence-electron chi connectivity index (χ4n) is 2.60. The van der Waals surface area contributed by atoms with Crippen LogP contribution in [0.25, 0.3) is 0 Å². The number of hydroxylamine groups is 1. The SMILES string of the molecule is CCCCCCCCC(CCCCCCCC)N[O-]. The highest BCUT2D eigenvalue weighted by molar-refractivity contribution is 4.67. The first-order valence-corrected chi connectivity index (χ1v) is 8.72. The first kappa shape index (κ1) is 18.9. The van der Waals surface area contributed by atoms with Crippen molar-refractivity contribution in [1.29, 1.82) is 0 Å². The van der Waals surface area contributed by atoms with Gasteiger partial charge in [-0.05, 0) is 18.9 Å². The van der Waals surface area contributed by atoms with Gasteiger partial charge in [-0.1, -0.05) is 90.9 Å². The van der Waals surface area contributed by atoms with Crippen LogP contribution in [0.15, 0.2) is 0 Å². The Kier molecular flexibility index (Phi) is 15.9. The van der Waals surface area contributed by atoms with E-state index in [1.807, 2.05) is 0 Å². The van der Waals surface area contributed by atoms with Crippen LogP contribution < -0.4 is 5.48 Å². The molecule has 2 heteroatoms. The molecule has 0 aromatic heterocycles. The fraction of sp³-hybridized carbons (Fsp3) is 1.00. The van der Waals surface area contributed by atoms with E-state index in [9.17, 15) is 5.21 Å². The summed E-state index contributed by atoms with van der Waals surface area (Å²) in [5, 5.41) is 10.9.